The van der Waals surface area contributed by atoms with E-state index >= 15 is 0 Å². The molecular weight excluding hydrogens is 350 g/mol. The lowest BCUT2D eigenvalue weighted by molar-refractivity contribution is 0.474. The molecule has 0 aliphatic carbocycles. The first-order valence-electron chi connectivity index (χ1n) is 7.00. The van der Waals surface area contributed by atoms with Crippen molar-refractivity contribution in [2.45, 2.75) is 32.4 Å². The summed E-state index contributed by atoms with van der Waals surface area (Å²) in [5.74, 6) is 0.318. The van der Waals surface area contributed by atoms with E-state index in [0.717, 1.165) is 28.9 Å². The van der Waals surface area contributed by atoms with Crippen molar-refractivity contribution in [3.05, 3.63) is 63.1 Å². The third-order valence-corrected chi connectivity index (χ3v) is 4.65. The molecule has 0 radical (unpaired) electrons. The van der Waals surface area contributed by atoms with E-state index < -0.39 is 0 Å². The Morgan fingerprint density at radius 3 is 2.48 bits per heavy atom. The van der Waals surface area contributed by atoms with Gasteiger partial charge in [0.15, 0.2) is 0 Å². The summed E-state index contributed by atoms with van der Waals surface area (Å²) in [5.41, 5.74) is 2.46. The number of nitrogens with one attached hydrogen (secondary N) is 1. The number of rotatable bonds is 6. The van der Waals surface area contributed by atoms with Crippen molar-refractivity contribution in [1.82, 2.24) is 5.32 Å². The molecule has 0 heterocycles. The van der Waals surface area contributed by atoms with Crippen molar-refractivity contribution >= 4 is 27.5 Å². The van der Waals surface area contributed by atoms with Crippen LogP contribution in [0.4, 0.5) is 0 Å². The molecule has 0 bridgehead atoms. The summed E-state index contributed by atoms with van der Waals surface area (Å²) >= 11 is 9.43. The quantitative estimate of drug-likeness (QED) is 0.758. The van der Waals surface area contributed by atoms with Crippen LogP contribution < -0.4 is 5.32 Å². The smallest absolute Gasteiger partial charge is 0.115 e. The van der Waals surface area contributed by atoms with Crippen molar-refractivity contribution in [2.24, 2.45) is 0 Å². The number of phenols is 1. The van der Waals surface area contributed by atoms with Crippen LogP contribution in [0.25, 0.3) is 0 Å². The number of aromatic hydroxyl groups is 1. The minimum atomic E-state index is 0.318. The van der Waals surface area contributed by atoms with Gasteiger partial charge in [-0.2, -0.15) is 0 Å². The largest absolute Gasteiger partial charge is 0.508 e. The molecule has 2 nitrogen and oxygen atoms in total. The summed E-state index contributed by atoms with van der Waals surface area (Å²) in [4.78, 5) is 0. The van der Waals surface area contributed by atoms with E-state index in [9.17, 15) is 5.11 Å². The molecule has 0 aliphatic rings. The average Bonchev–Trinajstić information content (AvgIpc) is 2.48. The molecular formula is C17H19BrClNO. The number of halogens is 2. The first kappa shape index (κ1) is 16.3. The monoisotopic (exact) mass is 367 g/mol. The van der Waals surface area contributed by atoms with E-state index in [1.807, 2.05) is 30.3 Å². The van der Waals surface area contributed by atoms with Crippen LogP contribution in [-0.4, -0.2) is 11.1 Å². The van der Waals surface area contributed by atoms with Crippen LogP contribution in [0, 0.1) is 0 Å². The zero-order valence-electron chi connectivity index (χ0n) is 11.9. The summed E-state index contributed by atoms with van der Waals surface area (Å²) in [6, 6.07) is 13.8. The molecule has 112 valence electrons. The second kappa shape index (κ2) is 7.83. The molecule has 4 heteroatoms. The van der Waals surface area contributed by atoms with Gasteiger partial charge in [0.1, 0.15) is 5.75 Å². The Morgan fingerprint density at radius 2 is 1.81 bits per heavy atom. The Hall–Kier alpha value is -1.03. The maximum atomic E-state index is 9.26. The minimum Gasteiger partial charge on any atom is -0.508 e. The van der Waals surface area contributed by atoms with Crippen LogP contribution in [0.15, 0.2) is 46.9 Å². The standard InChI is InChI=1S/C17H19BrClNO/c1-12(2-3-13-4-7-15(21)8-5-13)20-11-14-6-9-17(19)16(18)10-14/h4-10,12,20-21H,2-3,11H2,1H3. The highest BCUT2D eigenvalue weighted by Gasteiger charge is 2.04. The summed E-state index contributed by atoms with van der Waals surface area (Å²) < 4.78 is 0.931. The molecule has 21 heavy (non-hydrogen) atoms. The third-order valence-electron chi connectivity index (χ3n) is 3.44. The van der Waals surface area contributed by atoms with Gasteiger partial charge in [0.2, 0.25) is 0 Å². The van der Waals surface area contributed by atoms with E-state index in [1.54, 1.807) is 12.1 Å². The highest BCUT2D eigenvalue weighted by molar-refractivity contribution is 9.10. The lowest BCUT2D eigenvalue weighted by Crippen LogP contribution is -2.25. The average molecular weight is 369 g/mol. The first-order valence-corrected chi connectivity index (χ1v) is 8.17. The van der Waals surface area contributed by atoms with E-state index in [4.69, 9.17) is 11.6 Å². The fraction of sp³-hybridized carbons (Fsp3) is 0.294. The molecule has 2 N–H and O–H groups in total. The molecule has 0 aliphatic heterocycles. The van der Waals surface area contributed by atoms with Crippen molar-refractivity contribution in [3.63, 3.8) is 0 Å². The molecule has 0 aromatic heterocycles. The van der Waals surface area contributed by atoms with Crippen LogP contribution in [-0.2, 0) is 13.0 Å². The van der Waals surface area contributed by atoms with Gasteiger partial charge in [-0.25, -0.2) is 0 Å². The van der Waals surface area contributed by atoms with Crippen molar-refractivity contribution < 1.29 is 5.11 Å². The molecule has 0 saturated carbocycles. The third kappa shape index (κ3) is 5.34. The highest BCUT2D eigenvalue weighted by Crippen LogP contribution is 2.23. The fourth-order valence-corrected chi connectivity index (χ4v) is 2.63. The van der Waals surface area contributed by atoms with Gasteiger partial charge in [0.05, 0.1) is 5.02 Å². The summed E-state index contributed by atoms with van der Waals surface area (Å²) in [6.07, 6.45) is 2.05. The summed E-state index contributed by atoms with van der Waals surface area (Å²) in [5, 5.41) is 13.5. The van der Waals surface area contributed by atoms with Crippen LogP contribution in [0.1, 0.15) is 24.5 Å². The van der Waals surface area contributed by atoms with Crippen LogP contribution in [0.5, 0.6) is 5.75 Å². The predicted molar refractivity (Wildman–Crippen MR) is 91.9 cm³/mol. The number of hydrogen-bond donors (Lipinski definition) is 2. The van der Waals surface area contributed by atoms with E-state index in [-0.39, 0.29) is 0 Å². The molecule has 1 unspecified atom stereocenters. The van der Waals surface area contributed by atoms with Gasteiger partial charge in [0, 0.05) is 17.1 Å². The molecule has 0 spiro atoms. The van der Waals surface area contributed by atoms with E-state index in [0.29, 0.717) is 11.8 Å². The van der Waals surface area contributed by atoms with Crippen molar-refractivity contribution in [2.75, 3.05) is 0 Å². The zero-order chi connectivity index (χ0) is 15.2. The number of benzene rings is 2. The number of aryl methyl sites for hydroxylation is 1. The second-order valence-corrected chi connectivity index (χ2v) is 6.50. The van der Waals surface area contributed by atoms with Gasteiger partial charge < -0.3 is 10.4 Å². The van der Waals surface area contributed by atoms with Gasteiger partial charge >= 0.3 is 0 Å². The molecule has 2 aromatic rings. The van der Waals surface area contributed by atoms with E-state index in [2.05, 4.69) is 28.2 Å². The van der Waals surface area contributed by atoms with Gasteiger partial charge in [-0.15, -0.1) is 0 Å². The Morgan fingerprint density at radius 1 is 1.14 bits per heavy atom. The maximum absolute atomic E-state index is 9.26. The number of phenolic OH excluding ortho intramolecular Hbond substituents is 1. The normalized spacial score (nSPS) is 12.3. The highest BCUT2D eigenvalue weighted by atomic mass is 79.9. The lowest BCUT2D eigenvalue weighted by atomic mass is 10.1. The number of hydrogen-bond acceptors (Lipinski definition) is 2. The molecule has 0 fully saturated rings. The Balaban J connectivity index is 1.77. The summed E-state index contributed by atoms with van der Waals surface area (Å²) in [6.45, 7) is 3.01. The summed E-state index contributed by atoms with van der Waals surface area (Å²) in [7, 11) is 0. The molecule has 2 rings (SSSR count). The van der Waals surface area contributed by atoms with Crippen LogP contribution in [0.3, 0.4) is 0 Å². The van der Waals surface area contributed by atoms with E-state index in [1.165, 1.54) is 11.1 Å². The van der Waals surface area contributed by atoms with Gasteiger partial charge in [-0.05, 0) is 71.1 Å². The second-order valence-electron chi connectivity index (χ2n) is 5.24. The first-order chi connectivity index (χ1) is 10.0. The van der Waals surface area contributed by atoms with Crippen molar-refractivity contribution in [3.8, 4) is 5.75 Å². The molecule has 0 saturated heterocycles. The zero-order valence-corrected chi connectivity index (χ0v) is 14.3. The van der Waals surface area contributed by atoms with Gasteiger partial charge in [0.25, 0.3) is 0 Å². The maximum Gasteiger partial charge on any atom is 0.115 e. The van der Waals surface area contributed by atoms with Crippen molar-refractivity contribution in [1.29, 1.82) is 0 Å². The Labute approximate surface area is 139 Å². The SMILES string of the molecule is CC(CCc1ccc(O)cc1)NCc1ccc(Cl)c(Br)c1. The van der Waals surface area contributed by atoms with Gasteiger partial charge in [-0.3, -0.25) is 0 Å². The lowest BCUT2D eigenvalue weighted by Gasteiger charge is -2.14. The Bertz CT molecular complexity index is 586. The minimum absolute atomic E-state index is 0.318. The Kier molecular flexibility index (Phi) is 6.09. The van der Waals surface area contributed by atoms with Gasteiger partial charge in [-0.1, -0.05) is 29.8 Å². The predicted octanol–water partition coefficient (Wildman–Crippen LogP) is 4.92. The molecule has 1 atom stereocenters. The van der Waals surface area contributed by atoms with Crippen LogP contribution in [0.2, 0.25) is 5.02 Å². The topological polar surface area (TPSA) is 32.3 Å². The molecule has 0 amide bonds. The van der Waals surface area contributed by atoms with Crippen LogP contribution >= 0.6 is 27.5 Å². The fourth-order valence-electron chi connectivity index (χ4n) is 2.09. The molecule has 2 aromatic carbocycles.